The van der Waals surface area contributed by atoms with Crippen LogP contribution in [0.25, 0.3) is 0 Å². The maximum Gasteiger partial charge on any atom is 0.248 e. The molecule has 1 aliphatic carbocycles. The Morgan fingerprint density at radius 2 is 2.06 bits per heavy atom. The number of benzene rings is 1. The number of carbonyl (C=O) groups is 1. The molecule has 0 aromatic heterocycles. The van der Waals surface area contributed by atoms with Gasteiger partial charge in [-0.25, -0.2) is 0 Å². The van der Waals surface area contributed by atoms with E-state index in [0.29, 0.717) is 10.6 Å². The molecule has 98 valence electrons. The monoisotopic (exact) mass is 267 g/mol. The quantitative estimate of drug-likeness (QED) is 0.785. The van der Waals surface area contributed by atoms with Crippen molar-refractivity contribution in [1.29, 1.82) is 0 Å². The minimum Gasteiger partial charge on any atom is -0.380 e. The Hall–Kier alpha value is -1.26. The highest BCUT2D eigenvalue weighted by Crippen LogP contribution is 2.27. The van der Waals surface area contributed by atoms with Crippen molar-refractivity contribution >= 4 is 23.2 Å². The van der Waals surface area contributed by atoms with Crippen LogP contribution in [0.2, 0.25) is 5.02 Å². The number of rotatable bonds is 3. The van der Waals surface area contributed by atoms with Gasteiger partial charge in [-0.15, -0.1) is 0 Å². The minimum absolute atomic E-state index is 0.158. The maximum atomic E-state index is 11.0. The Bertz CT molecular complexity index is 450. The Morgan fingerprint density at radius 3 is 2.67 bits per heavy atom. The summed E-state index contributed by atoms with van der Waals surface area (Å²) in [6, 6.07) is 5.44. The number of nitrogens with one attached hydrogen (secondary N) is 1. The molecule has 4 nitrogen and oxygen atoms in total. The Balaban J connectivity index is 2.11. The molecule has 1 aliphatic rings. The highest BCUT2D eigenvalue weighted by atomic mass is 35.5. The zero-order valence-corrected chi connectivity index (χ0v) is 10.9. The molecule has 2 atom stereocenters. The van der Waals surface area contributed by atoms with E-state index in [1.54, 1.807) is 18.2 Å². The largest absolute Gasteiger partial charge is 0.380 e. The van der Waals surface area contributed by atoms with Gasteiger partial charge in [-0.2, -0.15) is 0 Å². The maximum absolute atomic E-state index is 11.0. The molecule has 0 aliphatic heterocycles. The summed E-state index contributed by atoms with van der Waals surface area (Å²) >= 11 is 6.13. The second-order valence-electron chi connectivity index (χ2n) is 4.76. The highest BCUT2D eigenvalue weighted by Gasteiger charge is 2.22. The van der Waals surface area contributed by atoms with E-state index in [1.165, 1.54) is 12.8 Å². The number of carbonyl (C=O) groups excluding carboxylic acids is 1. The zero-order valence-electron chi connectivity index (χ0n) is 10.2. The predicted molar refractivity (Wildman–Crippen MR) is 73.8 cm³/mol. The molecule has 5 N–H and O–H groups in total. The van der Waals surface area contributed by atoms with Crippen LogP contribution in [0, 0.1) is 0 Å². The lowest BCUT2D eigenvalue weighted by Gasteiger charge is -2.30. The first-order valence-corrected chi connectivity index (χ1v) is 6.57. The molecule has 1 saturated carbocycles. The number of amides is 1. The van der Waals surface area contributed by atoms with Crippen LogP contribution < -0.4 is 16.8 Å². The summed E-state index contributed by atoms with van der Waals surface area (Å²) in [5.41, 5.74) is 12.5. The number of nitrogens with two attached hydrogens (primary N) is 2. The standard InChI is InChI=1S/C13H18ClN3O/c14-9-7-8(13(16)18)5-6-11(9)17-12-4-2-1-3-10(12)15/h5-7,10,12,17H,1-4,15H2,(H2,16,18). The van der Waals surface area contributed by atoms with Crippen LogP contribution in [0.5, 0.6) is 0 Å². The summed E-state index contributed by atoms with van der Waals surface area (Å²) < 4.78 is 0. The molecule has 1 fully saturated rings. The Kier molecular flexibility index (Phi) is 4.09. The summed E-state index contributed by atoms with van der Waals surface area (Å²) in [4.78, 5) is 11.0. The summed E-state index contributed by atoms with van der Waals surface area (Å²) in [6.07, 6.45) is 4.46. The van der Waals surface area contributed by atoms with E-state index < -0.39 is 5.91 Å². The summed E-state index contributed by atoms with van der Waals surface area (Å²) in [6.45, 7) is 0. The number of anilines is 1. The second-order valence-corrected chi connectivity index (χ2v) is 5.17. The van der Waals surface area contributed by atoms with E-state index in [4.69, 9.17) is 23.1 Å². The van der Waals surface area contributed by atoms with Crippen molar-refractivity contribution in [1.82, 2.24) is 0 Å². The van der Waals surface area contributed by atoms with Crippen LogP contribution in [0.15, 0.2) is 18.2 Å². The van der Waals surface area contributed by atoms with Crippen LogP contribution in [0.3, 0.4) is 0 Å². The van der Waals surface area contributed by atoms with Gasteiger partial charge in [0.1, 0.15) is 0 Å². The molecule has 1 aromatic carbocycles. The van der Waals surface area contributed by atoms with Gasteiger partial charge in [0.15, 0.2) is 0 Å². The molecule has 0 radical (unpaired) electrons. The predicted octanol–water partition coefficient (Wildman–Crippen LogP) is 2.12. The van der Waals surface area contributed by atoms with Crippen molar-refractivity contribution in [3.63, 3.8) is 0 Å². The smallest absolute Gasteiger partial charge is 0.248 e. The molecule has 0 saturated heterocycles. The summed E-state index contributed by atoms with van der Waals surface area (Å²) in [5, 5.41) is 3.86. The molecule has 2 unspecified atom stereocenters. The summed E-state index contributed by atoms with van der Waals surface area (Å²) in [7, 11) is 0. The Labute approximate surface area is 112 Å². The summed E-state index contributed by atoms with van der Waals surface area (Å²) in [5.74, 6) is -0.474. The van der Waals surface area contributed by atoms with Crippen molar-refractivity contribution in [2.24, 2.45) is 11.5 Å². The average Bonchev–Trinajstić information content (AvgIpc) is 2.34. The average molecular weight is 268 g/mol. The first-order valence-electron chi connectivity index (χ1n) is 6.19. The van der Waals surface area contributed by atoms with Gasteiger partial charge in [-0.3, -0.25) is 4.79 Å². The lowest BCUT2D eigenvalue weighted by molar-refractivity contribution is 0.100. The highest BCUT2D eigenvalue weighted by molar-refractivity contribution is 6.33. The number of primary amides is 1. The Morgan fingerprint density at radius 1 is 1.33 bits per heavy atom. The molecular formula is C13H18ClN3O. The fourth-order valence-corrected chi connectivity index (χ4v) is 2.56. The van der Waals surface area contributed by atoms with Crippen molar-refractivity contribution in [3.8, 4) is 0 Å². The lowest BCUT2D eigenvalue weighted by atomic mass is 9.91. The SMILES string of the molecule is NC(=O)c1ccc(NC2CCCCC2N)c(Cl)c1. The van der Waals surface area contributed by atoms with Crippen LogP contribution in [-0.2, 0) is 0 Å². The molecule has 0 heterocycles. The molecular weight excluding hydrogens is 250 g/mol. The first-order chi connectivity index (χ1) is 8.58. The molecule has 0 bridgehead atoms. The molecule has 5 heteroatoms. The third kappa shape index (κ3) is 2.94. The van der Waals surface area contributed by atoms with Gasteiger partial charge in [0, 0.05) is 17.6 Å². The number of halogens is 1. The lowest BCUT2D eigenvalue weighted by Crippen LogP contribution is -2.42. The second kappa shape index (κ2) is 5.59. The van der Waals surface area contributed by atoms with Gasteiger partial charge in [0.2, 0.25) is 5.91 Å². The topological polar surface area (TPSA) is 81.1 Å². The molecule has 0 spiro atoms. The van der Waals surface area contributed by atoms with Gasteiger partial charge < -0.3 is 16.8 Å². The van der Waals surface area contributed by atoms with E-state index in [2.05, 4.69) is 5.32 Å². The molecule has 18 heavy (non-hydrogen) atoms. The van der Waals surface area contributed by atoms with Crippen LogP contribution in [0.4, 0.5) is 5.69 Å². The van der Waals surface area contributed by atoms with Crippen molar-refractivity contribution in [2.45, 2.75) is 37.8 Å². The van der Waals surface area contributed by atoms with Crippen LogP contribution in [-0.4, -0.2) is 18.0 Å². The number of hydrogen-bond donors (Lipinski definition) is 3. The minimum atomic E-state index is -0.474. The zero-order chi connectivity index (χ0) is 13.1. The molecule has 1 aromatic rings. The third-order valence-electron chi connectivity index (χ3n) is 3.41. The molecule has 1 amide bonds. The molecule has 2 rings (SSSR count). The van der Waals surface area contributed by atoms with Gasteiger partial charge in [-0.1, -0.05) is 24.4 Å². The van der Waals surface area contributed by atoms with Gasteiger partial charge >= 0.3 is 0 Å². The van der Waals surface area contributed by atoms with E-state index in [1.807, 2.05) is 0 Å². The van der Waals surface area contributed by atoms with Crippen molar-refractivity contribution in [2.75, 3.05) is 5.32 Å². The van der Waals surface area contributed by atoms with E-state index in [-0.39, 0.29) is 12.1 Å². The third-order valence-corrected chi connectivity index (χ3v) is 3.73. The van der Waals surface area contributed by atoms with Crippen molar-refractivity contribution < 1.29 is 4.79 Å². The first kappa shape index (κ1) is 13.2. The van der Waals surface area contributed by atoms with Gasteiger partial charge in [0.25, 0.3) is 0 Å². The van der Waals surface area contributed by atoms with Gasteiger partial charge in [-0.05, 0) is 31.0 Å². The normalized spacial score (nSPS) is 23.7. The van der Waals surface area contributed by atoms with Crippen LogP contribution >= 0.6 is 11.6 Å². The fourth-order valence-electron chi connectivity index (χ4n) is 2.32. The van der Waals surface area contributed by atoms with Crippen molar-refractivity contribution in [3.05, 3.63) is 28.8 Å². The van der Waals surface area contributed by atoms with E-state index >= 15 is 0 Å². The van der Waals surface area contributed by atoms with E-state index in [0.717, 1.165) is 18.5 Å². The number of hydrogen-bond acceptors (Lipinski definition) is 3. The van der Waals surface area contributed by atoms with E-state index in [9.17, 15) is 4.79 Å². The van der Waals surface area contributed by atoms with Crippen LogP contribution in [0.1, 0.15) is 36.0 Å². The fraction of sp³-hybridized carbons (Fsp3) is 0.462. The van der Waals surface area contributed by atoms with Gasteiger partial charge in [0.05, 0.1) is 10.7 Å².